The summed E-state index contributed by atoms with van der Waals surface area (Å²) in [5, 5.41) is 0.865. The summed E-state index contributed by atoms with van der Waals surface area (Å²) in [6.07, 6.45) is 4.73. The Morgan fingerprint density at radius 2 is 2.06 bits per heavy atom. The molecule has 1 saturated carbocycles. The fraction of sp³-hybridized carbons (Fsp3) is 0.929. The third kappa shape index (κ3) is 3.70. The van der Waals surface area contributed by atoms with E-state index < -0.39 is 0 Å². The summed E-state index contributed by atoms with van der Waals surface area (Å²) in [4.78, 5) is 14.7. The molecule has 100 valence electrons. The van der Waals surface area contributed by atoms with Gasteiger partial charge in [0.1, 0.15) is 0 Å². The van der Waals surface area contributed by atoms with Crippen molar-refractivity contribution in [2.24, 2.45) is 11.3 Å². The minimum atomic E-state index is 0.175. The monoisotopic (exact) mass is 303 g/mol. The van der Waals surface area contributed by atoms with Gasteiger partial charge >= 0.3 is 0 Å². The van der Waals surface area contributed by atoms with Crippen LogP contribution in [0.25, 0.3) is 0 Å². The van der Waals surface area contributed by atoms with E-state index in [1.165, 1.54) is 19.3 Å². The summed E-state index contributed by atoms with van der Waals surface area (Å²) in [5.41, 5.74) is 0.175. The minimum absolute atomic E-state index is 0.175. The zero-order valence-corrected chi connectivity index (χ0v) is 13.2. The zero-order valence-electron chi connectivity index (χ0n) is 11.6. The van der Waals surface area contributed by atoms with E-state index in [1.54, 1.807) is 0 Å². The molecule has 3 heteroatoms. The van der Waals surface area contributed by atoms with Crippen LogP contribution >= 0.6 is 15.9 Å². The summed E-state index contributed by atoms with van der Waals surface area (Å²) >= 11 is 3.45. The van der Waals surface area contributed by atoms with Crippen molar-refractivity contribution in [1.82, 2.24) is 4.90 Å². The maximum atomic E-state index is 12.7. The summed E-state index contributed by atoms with van der Waals surface area (Å²) in [7, 11) is 0. The first-order chi connectivity index (χ1) is 7.90. The fourth-order valence-corrected chi connectivity index (χ4v) is 3.25. The molecule has 0 saturated heterocycles. The van der Waals surface area contributed by atoms with E-state index in [0.717, 1.165) is 18.3 Å². The van der Waals surface area contributed by atoms with Gasteiger partial charge in [-0.3, -0.25) is 4.79 Å². The summed E-state index contributed by atoms with van der Waals surface area (Å²) in [5.74, 6) is 0.585. The van der Waals surface area contributed by atoms with E-state index in [2.05, 4.69) is 43.6 Å². The molecule has 0 bridgehead atoms. The Bertz CT molecular complexity index is 263. The van der Waals surface area contributed by atoms with Crippen molar-refractivity contribution in [3.05, 3.63) is 0 Å². The van der Waals surface area contributed by atoms with Gasteiger partial charge in [-0.15, -0.1) is 0 Å². The van der Waals surface area contributed by atoms with Crippen LogP contribution in [-0.4, -0.2) is 28.7 Å². The van der Waals surface area contributed by atoms with Crippen LogP contribution in [0.1, 0.15) is 53.4 Å². The quantitative estimate of drug-likeness (QED) is 0.723. The lowest BCUT2D eigenvalue weighted by Gasteiger charge is -2.41. The van der Waals surface area contributed by atoms with Crippen LogP contribution in [0.5, 0.6) is 0 Å². The average Bonchev–Trinajstić information content (AvgIpc) is 2.24. The van der Waals surface area contributed by atoms with Crippen molar-refractivity contribution in [3.63, 3.8) is 0 Å². The van der Waals surface area contributed by atoms with Crippen LogP contribution in [0.2, 0.25) is 0 Å². The van der Waals surface area contributed by atoms with Gasteiger partial charge in [-0.05, 0) is 32.1 Å². The van der Waals surface area contributed by atoms with Gasteiger partial charge in [0.25, 0.3) is 0 Å². The molecule has 0 aromatic heterocycles. The summed E-state index contributed by atoms with van der Waals surface area (Å²) in [6.45, 7) is 9.54. The number of nitrogens with zero attached hydrogens (tertiary/aromatic N) is 1. The highest BCUT2D eigenvalue weighted by Crippen LogP contribution is 2.41. The van der Waals surface area contributed by atoms with E-state index in [9.17, 15) is 4.79 Å². The highest BCUT2D eigenvalue weighted by molar-refractivity contribution is 9.09. The van der Waals surface area contributed by atoms with Gasteiger partial charge in [-0.2, -0.15) is 0 Å². The normalized spacial score (nSPS) is 23.8. The van der Waals surface area contributed by atoms with Crippen LogP contribution in [0.15, 0.2) is 0 Å². The lowest BCUT2D eigenvalue weighted by Crippen LogP contribution is -2.47. The third-order valence-electron chi connectivity index (χ3n) is 4.04. The molecule has 0 radical (unpaired) electrons. The number of amides is 1. The van der Waals surface area contributed by atoms with Gasteiger partial charge in [0.05, 0.1) is 0 Å². The van der Waals surface area contributed by atoms with Crippen LogP contribution in [0.4, 0.5) is 0 Å². The van der Waals surface area contributed by atoms with Crippen molar-refractivity contribution in [2.75, 3.05) is 11.9 Å². The Kier molecular flexibility index (Phi) is 5.49. The highest BCUT2D eigenvalue weighted by atomic mass is 79.9. The Labute approximate surface area is 114 Å². The molecule has 1 aliphatic carbocycles. The number of halogens is 1. The lowest BCUT2D eigenvalue weighted by molar-refractivity contribution is -0.142. The second-order valence-electron chi connectivity index (χ2n) is 6.10. The first-order valence-corrected chi connectivity index (χ1v) is 7.88. The zero-order chi connectivity index (χ0) is 13.1. The standard InChI is InChI=1S/C14H26BrNO/c1-11(2)16(10-9-15)13(17)12-7-5-6-8-14(12,3)4/h11-12H,5-10H2,1-4H3. The second-order valence-corrected chi connectivity index (χ2v) is 6.89. The van der Waals surface area contributed by atoms with Crippen LogP contribution in [-0.2, 0) is 4.79 Å². The summed E-state index contributed by atoms with van der Waals surface area (Å²) < 4.78 is 0. The van der Waals surface area contributed by atoms with Crippen molar-refractivity contribution < 1.29 is 4.79 Å². The van der Waals surface area contributed by atoms with Crippen LogP contribution in [0, 0.1) is 11.3 Å². The Hall–Kier alpha value is -0.0500. The van der Waals surface area contributed by atoms with Gasteiger partial charge in [-0.1, -0.05) is 42.6 Å². The number of carbonyl (C=O) groups is 1. The molecular weight excluding hydrogens is 278 g/mol. The molecule has 1 unspecified atom stereocenters. The van der Waals surface area contributed by atoms with Gasteiger partial charge in [0, 0.05) is 23.8 Å². The lowest BCUT2D eigenvalue weighted by atomic mass is 9.68. The number of rotatable bonds is 4. The minimum Gasteiger partial charge on any atom is -0.339 e. The van der Waals surface area contributed by atoms with Crippen molar-refractivity contribution in [1.29, 1.82) is 0 Å². The number of alkyl halides is 1. The fourth-order valence-electron chi connectivity index (χ4n) is 2.87. The molecule has 0 N–H and O–H groups in total. The molecule has 1 atom stereocenters. The highest BCUT2D eigenvalue weighted by Gasteiger charge is 2.39. The van der Waals surface area contributed by atoms with E-state index in [1.807, 2.05) is 4.90 Å². The molecule has 1 amide bonds. The number of hydrogen-bond acceptors (Lipinski definition) is 1. The van der Waals surface area contributed by atoms with E-state index in [0.29, 0.717) is 11.9 Å². The van der Waals surface area contributed by atoms with Crippen LogP contribution < -0.4 is 0 Å². The first kappa shape index (κ1) is 15.0. The molecule has 17 heavy (non-hydrogen) atoms. The third-order valence-corrected chi connectivity index (χ3v) is 4.39. The largest absolute Gasteiger partial charge is 0.339 e. The van der Waals surface area contributed by atoms with Gasteiger partial charge in [0.2, 0.25) is 5.91 Å². The molecule has 1 aliphatic rings. The van der Waals surface area contributed by atoms with Crippen molar-refractivity contribution in [3.8, 4) is 0 Å². The van der Waals surface area contributed by atoms with Gasteiger partial charge < -0.3 is 4.90 Å². The molecule has 0 aliphatic heterocycles. The van der Waals surface area contributed by atoms with E-state index in [4.69, 9.17) is 0 Å². The summed E-state index contributed by atoms with van der Waals surface area (Å²) in [6, 6.07) is 0.303. The van der Waals surface area contributed by atoms with Crippen molar-refractivity contribution in [2.45, 2.75) is 59.4 Å². The predicted molar refractivity (Wildman–Crippen MR) is 76.4 cm³/mol. The maximum Gasteiger partial charge on any atom is 0.226 e. The van der Waals surface area contributed by atoms with Gasteiger partial charge in [0.15, 0.2) is 0 Å². The Morgan fingerprint density at radius 1 is 1.41 bits per heavy atom. The smallest absolute Gasteiger partial charge is 0.226 e. The predicted octanol–water partition coefficient (Wildman–Crippen LogP) is 3.83. The second kappa shape index (κ2) is 6.21. The first-order valence-electron chi connectivity index (χ1n) is 6.76. The molecule has 0 spiro atoms. The SMILES string of the molecule is CC(C)N(CCBr)C(=O)C1CCCCC1(C)C. The molecule has 0 aromatic rings. The number of hydrogen-bond donors (Lipinski definition) is 0. The molecule has 1 rings (SSSR count). The van der Waals surface area contributed by atoms with Crippen LogP contribution in [0.3, 0.4) is 0 Å². The molecular formula is C14H26BrNO. The van der Waals surface area contributed by atoms with Gasteiger partial charge in [-0.25, -0.2) is 0 Å². The number of carbonyl (C=O) groups excluding carboxylic acids is 1. The Balaban J connectivity index is 2.78. The molecule has 1 fully saturated rings. The van der Waals surface area contributed by atoms with E-state index >= 15 is 0 Å². The maximum absolute atomic E-state index is 12.7. The molecule has 0 aromatic carbocycles. The van der Waals surface area contributed by atoms with Crippen molar-refractivity contribution >= 4 is 21.8 Å². The molecule has 0 heterocycles. The topological polar surface area (TPSA) is 20.3 Å². The Morgan fingerprint density at radius 3 is 2.53 bits per heavy atom. The average molecular weight is 304 g/mol. The van der Waals surface area contributed by atoms with E-state index in [-0.39, 0.29) is 11.3 Å². The molecule has 2 nitrogen and oxygen atoms in total.